The number of hydrogen-bond donors (Lipinski definition) is 1. The number of alkyl halides is 3. The maximum absolute atomic E-state index is 12.9. The first-order valence-corrected chi connectivity index (χ1v) is 7.69. The Kier molecular flexibility index (Phi) is 5.33. The lowest BCUT2D eigenvalue weighted by molar-refractivity contribution is -0.143. The zero-order valence-corrected chi connectivity index (χ0v) is 13.5. The summed E-state index contributed by atoms with van der Waals surface area (Å²) in [5.74, 6) is -0.412. The molecule has 1 N–H and O–H groups in total. The summed E-state index contributed by atoms with van der Waals surface area (Å²) in [4.78, 5) is 12.4. The summed E-state index contributed by atoms with van der Waals surface area (Å²) in [5.41, 5.74) is -0.994. The third-order valence-electron chi connectivity index (χ3n) is 3.99. The van der Waals surface area contributed by atoms with Crippen molar-refractivity contribution in [3.63, 3.8) is 0 Å². The summed E-state index contributed by atoms with van der Waals surface area (Å²) >= 11 is 0. The molecule has 0 unspecified atom stereocenters. The van der Waals surface area contributed by atoms with E-state index in [1.807, 2.05) is 13.8 Å². The van der Waals surface area contributed by atoms with Gasteiger partial charge in [-0.05, 0) is 18.8 Å². The van der Waals surface area contributed by atoms with Crippen LogP contribution in [0.25, 0.3) is 0 Å². The number of nitrogens with zero attached hydrogens (tertiary/aromatic N) is 2. The Bertz CT molecular complexity index is 555. The lowest BCUT2D eigenvalue weighted by Gasteiger charge is -2.33. The number of amides is 1. The maximum atomic E-state index is 12.9. The van der Waals surface area contributed by atoms with E-state index in [1.54, 1.807) is 0 Å². The van der Waals surface area contributed by atoms with Crippen molar-refractivity contribution in [2.24, 2.45) is 18.9 Å². The average molecular weight is 333 g/mol. The third kappa shape index (κ3) is 4.25. The largest absolute Gasteiger partial charge is 0.435 e. The van der Waals surface area contributed by atoms with E-state index >= 15 is 0 Å². The maximum Gasteiger partial charge on any atom is 0.435 e. The zero-order chi connectivity index (χ0) is 17.2. The summed E-state index contributed by atoms with van der Waals surface area (Å²) in [6, 6.07) is 0. The molecular formula is C15H22F3N3O2. The zero-order valence-electron chi connectivity index (χ0n) is 13.5. The van der Waals surface area contributed by atoms with E-state index in [2.05, 4.69) is 10.4 Å². The first-order valence-electron chi connectivity index (χ1n) is 7.69. The highest BCUT2D eigenvalue weighted by Crippen LogP contribution is 2.31. The van der Waals surface area contributed by atoms with Crippen LogP contribution in [0, 0.1) is 11.8 Å². The molecule has 1 fully saturated rings. The molecule has 1 aliphatic rings. The van der Waals surface area contributed by atoms with E-state index in [0.29, 0.717) is 13.0 Å². The average Bonchev–Trinajstić information content (AvgIpc) is 2.86. The summed E-state index contributed by atoms with van der Waals surface area (Å²) in [6.45, 7) is 4.37. The molecule has 0 saturated carbocycles. The minimum absolute atomic E-state index is 0.0359. The van der Waals surface area contributed by atoms with Crippen LogP contribution in [0.15, 0.2) is 6.20 Å². The third-order valence-corrected chi connectivity index (χ3v) is 3.99. The molecule has 8 heteroatoms. The number of halogens is 3. The van der Waals surface area contributed by atoms with Crippen LogP contribution in [0.3, 0.4) is 0 Å². The normalized spacial score (nSPS) is 22.4. The molecule has 0 bridgehead atoms. The Morgan fingerprint density at radius 2 is 2.22 bits per heavy atom. The Morgan fingerprint density at radius 1 is 1.52 bits per heavy atom. The standard InChI is InChI=1S/C15H22F3N3O2/c1-9(2)12-11(5-4-6-23-12)14(22)19-7-10-8-21(3)20-13(10)15(16,17)18/h8-9,11-12H,4-7H2,1-3H3,(H,19,22)/t11-,12-/m0/s1. The molecule has 2 atom stereocenters. The summed E-state index contributed by atoms with van der Waals surface area (Å²) < 4.78 is 45.5. The van der Waals surface area contributed by atoms with Gasteiger partial charge in [0.15, 0.2) is 5.69 Å². The predicted octanol–water partition coefficient (Wildman–Crippen LogP) is 2.51. The highest BCUT2D eigenvalue weighted by molar-refractivity contribution is 5.79. The number of ether oxygens (including phenoxy) is 1. The van der Waals surface area contributed by atoms with Gasteiger partial charge in [0.05, 0.1) is 12.0 Å². The number of carbonyl (C=O) groups excluding carboxylic acids is 1. The monoisotopic (exact) mass is 333 g/mol. The van der Waals surface area contributed by atoms with Gasteiger partial charge in [-0.1, -0.05) is 13.8 Å². The van der Waals surface area contributed by atoms with Gasteiger partial charge in [-0.25, -0.2) is 0 Å². The molecule has 0 spiro atoms. The van der Waals surface area contributed by atoms with Crippen molar-refractivity contribution in [2.75, 3.05) is 6.61 Å². The quantitative estimate of drug-likeness (QED) is 0.921. The Labute approximate surface area is 133 Å². The number of aromatic nitrogens is 2. The Morgan fingerprint density at radius 3 is 2.83 bits per heavy atom. The van der Waals surface area contributed by atoms with E-state index in [-0.39, 0.29) is 36.0 Å². The molecular weight excluding hydrogens is 311 g/mol. The fourth-order valence-corrected chi connectivity index (χ4v) is 2.96. The molecule has 5 nitrogen and oxygen atoms in total. The van der Waals surface area contributed by atoms with E-state index in [4.69, 9.17) is 4.74 Å². The lowest BCUT2D eigenvalue weighted by atomic mass is 9.87. The smallest absolute Gasteiger partial charge is 0.377 e. The van der Waals surface area contributed by atoms with Crippen molar-refractivity contribution in [1.82, 2.24) is 15.1 Å². The van der Waals surface area contributed by atoms with Gasteiger partial charge in [-0.2, -0.15) is 18.3 Å². The molecule has 0 aliphatic carbocycles. The second-order valence-corrected chi connectivity index (χ2v) is 6.22. The molecule has 23 heavy (non-hydrogen) atoms. The number of aryl methyl sites for hydroxylation is 1. The SMILES string of the molecule is CC(C)[C@@H]1OCCC[C@@H]1C(=O)NCc1cn(C)nc1C(F)(F)F. The van der Waals surface area contributed by atoms with Crippen molar-refractivity contribution in [2.45, 2.75) is 45.5 Å². The van der Waals surface area contributed by atoms with Gasteiger partial charge < -0.3 is 10.1 Å². The van der Waals surface area contributed by atoms with Gasteiger partial charge in [0.1, 0.15) is 0 Å². The first kappa shape index (κ1) is 17.8. The fraction of sp³-hybridized carbons (Fsp3) is 0.733. The van der Waals surface area contributed by atoms with Crippen molar-refractivity contribution in [3.05, 3.63) is 17.5 Å². The molecule has 1 saturated heterocycles. The van der Waals surface area contributed by atoms with E-state index in [1.165, 1.54) is 13.2 Å². The van der Waals surface area contributed by atoms with Crippen LogP contribution in [0.1, 0.15) is 37.9 Å². The van der Waals surface area contributed by atoms with Gasteiger partial charge in [0.25, 0.3) is 0 Å². The fourth-order valence-electron chi connectivity index (χ4n) is 2.96. The number of carbonyl (C=O) groups is 1. The van der Waals surface area contributed by atoms with Crippen LogP contribution in [0.4, 0.5) is 13.2 Å². The molecule has 2 rings (SSSR count). The second kappa shape index (κ2) is 6.90. The first-order chi connectivity index (χ1) is 10.7. The van der Waals surface area contributed by atoms with Crippen molar-refractivity contribution in [3.8, 4) is 0 Å². The van der Waals surface area contributed by atoms with Gasteiger partial charge in [-0.15, -0.1) is 0 Å². The molecule has 1 aromatic heterocycles. The van der Waals surface area contributed by atoms with Crippen LogP contribution in [-0.4, -0.2) is 28.4 Å². The molecule has 1 amide bonds. The topological polar surface area (TPSA) is 56.1 Å². The van der Waals surface area contributed by atoms with Gasteiger partial charge in [0, 0.05) is 32.0 Å². The van der Waals surface area contributed by atoms with Crippen molar-refractivity contribution in [1.29, 1.82) is 0 Å². The van der Waals surface area contributed by atoms with Crippen LogP contribution in [-0.2, 0) is 29.3 Å². The van der Waals surface area contributed by atoms with E-state index < -0.39 is 11.9 Å². The minimum atomic E-state index is -4.53. The molecule has 1 aliphatic heterocycles. The lowest BCUT2D eigenvalue weighted by Crippen LogP contribution is -2.43. The summed E-state index contributed by atoms with van der Waals surface area (Å²) in [5, 5.41) is 6.04. The minimum Gasteiger partial charge on any atom is -0.377 e. The number of hydrogen-bond acceptors (Lipinski definition) is 3. The van der Waals surface area contributed by atoms with Gasteiger partial charge in [0.2, 0.25) is 5.91 Å². The highest BCUT2D eigenvalue weighted by atomic mass is 19.4. The summed E-state index contributed by atoms with van der Waals surface area (Å²) in [6.07, 6.45) is -1.98. The summed E-state index contributed by atoms with van der Waals surface area (Å²) in [7, 11) is 1.42. The number of nitrogens with one attached hydrogen (secondary N) is 1. The second-order valence-electron chi connectivity index (χ2n) is 6.22. The van der Waals surface area contributed by atoms with E-state index in [9.17, 15) is 18.0 Å². The van der Waals surface area contributed by atoms with Crippen LogP contribution in [0.5, 0.6) is 0 Å². The molecule has 0 radical (unpaired) electrons. The Balaban J connectivity index is 2.04. The predicted molar refractivity (Wildman–Crippen MR) is 77.4 cm³/mol. The van der Waals surface area contributed by atoms with Crippen LogP contribution in [0.2, 0.25) is 0 Å². The van der Waals surface area contributed by atoms with Gasteiger partial charge in [-0.3, -0.25) is 9.48 Å². The molecule has 2 heterocycles. The van der Waals surface area contributed by atoms with Crippen LogP contribution >= 0.6 is 0 Å². The van der Waals surface area contributed by atoms with E-state index in [0.717, 1.165) is 11.1 Å². The Hall–Kier alpha value is -1.57. The molecule has 130 valence electrons. The number of rotatable bonds is 4. The van der Waals surface area contributed by atoms with Gasteiger partial charge >= 0.3 is 6.18 Å². The van der Waals surface area contributed by atoms with Crippen molar-refractivity contribution < 1.29 is 22.7 Å². The molecule has 1 aromatic rings. The highest BCUT2D eigenvalue weighted by Gasteiger charge is 2.38. The van der Waals surface area contributed by atoms with Crippen LogP contribution < -0.4 is 5.32 Å². The molecule has 0 aromatic carbocycles. The van der Waals surface area contributed by atoms with Crippen molar-refractivity contribution >= 4 is 5.91 Å².